The van der Waals surface area contributed by atoms with Crippen molar-refractivity contribution in [2.45, 2.75) is 32.1 Å². The predicted molar refractivity (Wildman–Crippen MR) is 135 cm³/mol. The molecule has 4 N–H and O–H groups in total. The number of methoxy groups -OCH3 is 1. The number of rotatable bonds is 10. The number of amides is 2. The van der Waals surface area contributed by atoms with Gasteiger partial charge in [-0.2, -0.15) is 0 Å². The van der Waals surface area contributed by atoms with Crippen LogP contribution in [0.5, 0.6) is 5.75 Å². The molecular formula is C23H30F2N5O3P. The number of nitrogens with zero attached hydrogens (tertiary/aromatic N) is 1. The highest BCUT2D eigenvalue weighted by Crippen LogP contribution is 2.35. The van der Waals surface area contributed by atoms with Crippen molar-refractivity contribution in [3.63, 3.8) is 0 Å². The standard InChI is InChI=1S/C23H30F2N5O3P/c1-23(2,25)6-7-26-22(31)30-17-5-4-14(10-19(17)34)29-21-20-16(24)11-15(33-9-8-32-3)12-18(20)27-13-28-21/h4-5,10-13,21,29H,6-9,34H2,1-3H3,(H,27,28)(H2,26,30,31). The summed E-state index contributed by atoms with van der Waals surface area (Å²) in [5.74, 6) is -0.0600. The highest BCUT2D eigenvalue weighted by molar-refractivity contribution is 7.28. The second-order valence-electron chi connectivity index (χ2n) is 8.33. The molecule has 34 heavy (non-hydrogen) atoms. The number of ether oxygens (including phenoxy) is 2. The number of aliphatic imine (C=N–C) groups is 1. The highest BCUT2D eigenvalue weighted by atomic mass is 31.0. The quantitative estimate of drug-likeness (QED) is 0.294. The number of hydrogen-bond acceptors (Lipinski definition) is 6. The van der Waals surface area contributed by atoms with Crippen molar-refractivity contribution in [1.29, 1.82) is 0 Å². The Balaban J connectivity index is 1.65. The molecule has 0 saturated carbocycles. The van der Waals surface area contributed by atoms with Gasteiger partial charge in [0.15, 0.2) is 6.17 Å². The molecule has 8 nitrogen and oxygen atoms in total. The molecule has 2 aromatic carbocycles. The summed E-state index contributed by atoms with van der Waals surface area (Å²) in [5.41, 5.74) is 0.831. The number of nitrogens with one attached hydrogen (secondary N) is 4. The smallest absolute Gasteiger partial charge is 0.319 e. The van der Waals surface area contributed by atoms with Gasteiger partial charge >= 0.3 is 6.03 Å². The zero-order valence-electron chi connectivity index (χ0n) is 19.4. The van der Waals surface area contributed by atoms with Crippen molar-refractivity contribution in [1.82, 2.24) is 5.32 Å². The first kappa shape index (κ1) is 25.6. The van der Waals surface area contributed by atoms with Gasteiger partial charge in [-0.25, -0.2) is 18.6 Å². The Labute approximate surface area is 200 Å². The summed E-state index contributed by atoms with van der Waals surface area (Å²) in [6, 6.07) is 7.88. The number of fused-ring (bicyclic) bond motifs is 1. The Bertz CT molecular complexity index is 1050. The number of benzene rings is 2. The highest BCUT2D eigenvalue weighted by Gasteiger charge is 2.23. The van der Waals surface area contributed by atoms with Crippen LogP contribution in [0, 0.1) is 5.82 Å². The number of anilines is 3. The summed E-state index contributed by atoms with van der Waals surface area (Å²) >= 11 is 0. The van der Waals surface area contributed by atoms with E-state index >= 15 is 0 Å². The van der Waals surface area contributed by atoms with Crippen molar-refractivity contribution in [2.24, 2.45) is 4.99 Å². The molecule has 2 aromatic rings. The summed E-state index contributed by atoms with van der Waals surface area (Å²) in [7, 11) is 4.12. The molecule has 0 bridgehead atoms. The number of hydrogen-bond donors (Lipinski definition) is 4. The first-order valence-corrected chi connectivity index (χ1v) is 11.4. The van der Waals surface area contributed by atoms with Crippen molar-refractivity contribution in [3.05, 3.63) is 41.7 Å². The average molecular weight is 493 g/mol. The Morgan fingerprint density at radius 1 is 1.26 bits per heavy atom. The van der Waals surface area contributed by atoms with Crippen LogP contribution in [-0.2, 0) is 4.74 Å². The van der Waals surface area contributed by atoms with Crippen LogP contribution in [0.15, 0.2) is 35.3 Å². The van der Waals surface area contributed by atoms with Gasteiger partial charge in [0.1, 0.15) is 23.8 Å². The summed E-state index contributed by atoms with van der Waals surface area (Å²) in [4.78, 5) is 16.4. The minimum Gasteiger partial charge on any atom is -0.491 e. The zero-order valence-corrected chi connectivity index (χ0v) is 20.5. The van der Waals surface area contributed by atoms with Gasteiger partial charge in [-0.05, 0) is 43.8 Å². The minimum absolute atomic E-state index is 0.215. The molecule has 0 spiro atoms. The molecule has 3 rings (SSSR count). The second kappa shape index (κ2) is 11.4. The fourth-order valence-corrected chi connectivity index (χ4v) is 3.59. The summed E-state index contributed by atoms with van der Waals surface area (Å²) in [6.07, 6.45) is 1.06. The van der Waals surface area contributed by atoms with Crippen LogP contribution < -0.4 is 31.3 Å². The first-order valence-electron chi connectivity index (χ1n) is 10.8. The van der Waals surface area contributed by atoms with E-state index in [9.17, 15) is 13.6 Å². The fraction of sp³-hybridized carbons (Fsp3) is 0.391. The SMILES string of the molecule is COCCOc1cc(F)c2c(c1)NC=NC2Nc1ccc(NC(=O)NCCC(C)(C)F)c(P)c1. The first-order chi connectivity index (χ1) is 16.2. The van der Waals surface area contributed by atoms with Crippen LogP contribution in [0.1, 0.15) is 32.0 Å². The van der Waals surface area contributed by atoms with Crippen LogP contribution in [0.2, 0.25) is 0 Å². The molecule has 0 aromatic heterocycles. The average Bonchev–Trinajstić information content (AvgIpc) is 2.75. The molecule has 11 heteroatoms. The van der Waals surface area contributed by atoms with Gasteiger partial charge in [0.05, 0.1) is 24.2 Å². The van der Waals surface area contributed by atoms with Crippen molar-refractivity contribution in [2.75, 3.05) is 42.8 Å². The minimum atomic E-state index is -1.35. The molecule has 1 aliphatic rings. The van der Waals surface area contributed by atoms with E-state index in [-0.39, 0.29) is 13.0 Å². The maximum Gasteiger partial charge on any atom is 0.319 e. The number of carbonyl (C=O) groups excluding carboxylic acids is 1. The molecule has 2 amide bonds. The summed E-state index contributed by atoms with van der Waals surface area (Å²) < 4.78 is 38.9. The molecule has 0 radical (unpaired) electrons. The number of urea groups is 1. The zero-order chi connectivity index (χ0) is 24.7. The van der Waals surface area contributed by atoms with Gasteiger partial charge in [-0.1, -0.05) is 0 Å². The molecule has 0 saturated heterocycles. The molecular weight excluding hydrogens is 463 g/mol. The fourth-order valence-electron chi connectivity index (χ4n) is 3.25. The van der Waals surface area contributed by atoms with Crippen molar-refractivity contribution >= 4 is 44.0 Å². The third-order valence-electron chi connectivity index (χ3n) is 4.98. The Morgan fingerprint density at radius 3 is 2.76 bits per heavy atom. The van der Waals surface area contributed by atoms with E-state index < -0.39 is 23.7 Å². The van der Waals surface area contributed by atoms with Gasteiger partial charge < -0.3 is 30.7 Å². The van der Waals surface area contributed by atoms with E-state index in [4.69, 9.17) is 9.47 Å². The van der Waals surface area contributed by atoms with E-state index in [2.05, 4.69) is 35.5 Å². The molecule has 2 unspecified atom stereocenters. The number of halogens is 2. The third-order valence-corrected chi connectivity index (χ3v) is 5.46. The van der Waals surface area contributed by atoms with E-state index in [1.165, 1.54) is 26.3 Å². The van der Waals surface area contributed by atoms with Gasteiger partial charge in [0.2, 0.25) is 0 Å². The molecule has 184 valence electrons. The van der Waals surface area contributed by atoms with Gasteiger partial charge in [0, 0.05) is 37.2 Å². The van der Waals surface area contributed by atoms with Gasteiger partial charge in [-0.3, -0.25) is 0 Å². The lowest BCUT2D eigenvalue weighted by Crippen LogP contribution is -2.33. The Kier molecular flexibility index (Phi) is 8.63. The van der Waals surface area contributed by atoms with E-state index in [1.54, 1.807) is 31.4 Å². The van der Waals surface area contributed by atoms with Gasteiger partial charge in [-0.15, -0.1) is 9.24 Å². The Morgan fingerprint density at radius 2 is 2.06 bits per heavy atom. The number of alkyl halides is 1. The maximum absolute atomic E-state index is 14.9. The second-order valence-corrected chi connectivity index (χ2v) is 8.95. The monoisotopic (exact) mass is 493 g/mol. The van der Waals surface area contributed by atoms with E-state index in [0.717, 1.165) is 0 Å². The summed E-state index contributed by atoms with van der Waals surface area (Å²) in [5, 5.41) is 12.2. The normalized spacial score (nSPS) is 14.7. The molecule has 1 heterocycles. The predicted octanol–water partition coefficient (Wildman–Crippen LogP) is 4.18. The lowest BCUT2D eigenvalue weighted by molar-refractivity contribution is 0.146. The number of carbonyl (C=O) groups is 1. The summed E-state index contributed by atoms with van der Waals surface area (Å²) in [6.45, 7) is 3.86. The van der Waals surface area contributed by atoms with Gasteiger partial charge in [0.25, 0.3) is 0 Å². The topological polar surface area (TPSA) is 96.0 Å². The van der Waals surface area contributed by atoms with Crippen LogP contribution >= 0.6 is 9.24 Å². The van der Waals surface area contributed by atoms with Crippen LogP contribution in [-0.4, -0.2) is 44.9 Å². The van der Waals surface area contributed by atoms with Crippen molar-refractivity contribution < 1.29 is 23.0 Å². The van der Waals surface area contributed by atoms with Crippen molar-refractivity contribution in [3.8, 4) is 5.75 Å². The van der Waals surface area contributed by atoms with E-state index in [1.807, 2.05) is 0 Å². The van der Waals surface area contributed by atoms with Crippen LogP contribution in [0.4, 0.5) is 30.6 Å². The van der Waals surface area contributed by atoms with Crippen LogP contribution in [0.25, 0.3) is 0 Å². The molecule has 0 aliphatic carbocycles. The largest absolute Gasteiger partial charge is 0.491 e. The van der Waals surface area contributed by atoms with Crippen LogP contribution in [0.3, 0.4) is 0 Å². The molecule has 2 atom stereocenters. The Hall–Kier alpha value is -2.97. The van der Waals surface area contributed by atoms with E-state index in [0.29, 0.717) is 46.9 Å². The molecule has 0 fully saturated rings. The molecule has 1 aliphatic heterocycles. The third kappa shape index (κ3) is 7.27. The lowest BCUT2D eigenvalue weighted by Gasteiger charge is -2.24. The maximum atomic E-state index is 14.9. The lowest BCUT2D eigenvalue weighted by atomic mass is 10.1.